The van der Waals surface area contributed by atoms with E-state index in [1.807, 2.05) is 0 Å². The van der Waals surface area contributed by atoms with Crippen LogP contribution >= 0.6 is 0 Å². The Balaban J connectivity index is 1.43. The second kappa shape index (κ2) is 5.13. The zero-order valence-electron chi connectivity index (χ0n) is 12.1. The first-order valence-electron chi connectivity index (χ1n) is 8.04. The summed E-state index contributed by atoms with van der Waals surface area (Å²) in [4.78, 5) is 0. The normalized spacial score (nSPS) is 39.3. The highest BCUT2D eigenvalue weighted by molar-refractivity contribution is 5.11. The fourth-order valence-electron chi connectivity index (χ4n) is 4.66. The molecule has 3 atom stereocenters. The minimum atomic E-state index is 0.355. The summed E-state index contributed by atoms with van der Waals surface area (Å²) in [7, 11) is 0. The Morgan fingerprint density at radius 2 is 1.89 bits per heavy atom. The zero-order chi connectivity index (χ0) is 12.6. The molecule has 0 aromatic carbocycles. The SMILES string of the molecule is CC1(C)C(NCCC2CCCCC2)C2CCOC21. The molecule has 18 heavy (non-hydrogen) atoms. The molecule has 104 valence electrons. The van der Waals surface area contributed by atoms with Crippen LogP contribution in [0.25, 0.3) is 0 Å². The van der Waals surface area contributed by atoms with Crippen LogP contribution in [0.1, 0.15) is 58.8 Å². The lowest BCUT2D eigenvalue weighted by molar-refractivity contribution is -0.112. The fourth-order valence-corrected chi connectivity index (χ4v) is 4.66. The lowest BCUT2D eigenvalue weighted by Gasteiger charge is -2.55. The van der Waals surface area contributed by atoms with E-state index in [-0.39, 0.29) is 0 Å². The Hall–Kier alpha value is -0.0800. The molecule has 2 heteroatoms. The van der Waals surface area contributed by atoms with Crippen LogP contribution in [0.4, 0.5) is 0 Å². The summed E-state index contributed by atoms with van der Waals surface area (Å²) < 4.78 is 5.85. The summed E-state index contributed by atoms with van der Waals surface area (Å²) in [6.45, 7) is 6.96. The molecule has 0 aromatic heterocycles. The monoisotopic (exact) mass is 251 g/mol. The molecule has 0 radical (unpaired) electrons. The van der Waals surface area contributed by atoms with Crippen LogP contribution in [0.5, 0.6) is 0 Å². The van der Waals surface area contributed by atoms with E-state index in [9.17, 15) is 0 Å². The highest BCUT2D eigenvalue weighted by atomic mass is 16.5. The van der Waals surface area contributed by atoms with Gasteiger partial charge in [0.2, 0.25) is 0 Å². The highest BCUT2D eigenvalue weighted by Crippen LogP contribution is 2.52. The number of fused-ring (bicyclic) bond motifs is 1. The molecule has 3 unspecified atom stereocenters. The van der Waals surface area contributed by atoms with Crippen LogP contribution in [0.2, 0.25) is 0 Å². The van der Waals surface area contributed by atoms with Crippen LogP contribution < -0.4 is 5.32 Å². The first-order valence-corrected chi connectivity index (χ1v) is 8.04. The summed E-state index contributed by atoms with van der Waals surface area (Å²) in [5.74, 6) is 1.80. The number of hydrogen-bond acceptors (Lipinski definition) is 2. The maximum atomic E-state index is 5.85. The minimum Gasteiger partial charge on any atom is -0.377 e. The van der Waals surface area contributed by atoms with Gasteiger partial charge in [0.25, 0.3) is 0 Å². The van der Waals surface area contributed by atoms with Crippen LogP contribution in [0.3, 0.4) is 0 Å². The number of rotatable bonds is 4. The fraction of sp³-hybridized carbons (Fsp3) is 1.00. The van der Waals surface area contributed by atoms with E-state index in [0.717, 1.165) is 18.4 Å². The number of nitrogens with one attached hydrogen (secondary N) is 1. The average Bonchev–Trinajstić information content (AvgIpc) is 2.82. The third-order valence-corrected chi connectivity index (χ3v) is 5.74. The van der Waals surface area contributed by atoms with E-state index in [2.05, 4.69) is 19.2 Å². The molecule has 1 heterocycles. The first kappa shape index (κ1) is 12.9. The van der Waals surface area contributed by atoms with Gasteiger partial charge in [-0.2, -0.15) is 0 Å². The molecular weight excluding hydrogens is 222 g/mol. The van der Waals surface area contributed by atoms with Crippen molar-refractivity contribution in [1.29, 1.82) is 0 Å². The van der Waals surface area contributed by atoms with Crippen molar-refractivity contribution < 1.29 is 4.74 Å². The molecule has 3 aliphatic rings. The van der Waals surface area contributed by atoms with Gasteiger partial charge in [-0.05, 0) is 25.3 Å². The van der Waals surface area contributed by atoms with Crippen LogP contribution in [0.15, 0.2) is 0 Å². The van der Waals surface area contributed by atoms with Gasteiger partial charge in [-0.1, -0.05) is 46.0 Å². The summed E-state index contributed by atoms with van der Waals surface area (Å²) in [5, 5.41) is 3.85. The quantitative estimate of drug-likeness (QED) is 0.827. The van der Waals surface area contributed by atoms with Crippen LogP contribution in [0, 0.1) is 17.3 Å². The topological polar surface area (TPSA) is 21.3 Å². The molecule has 3 fully saturated rings. The standard InChI is InChI=1S/C16H29NO/c1-16(2)14(13-9-11-18-15(13)16)17-10-8-12-6-4-3-5-7-12/h12-15,17H,3-11H2,1-2H3. The van der Waals surface area contributed by atoms with E-state index in [4.69, 9.17) is 4.74 Å². The minimum absolute atomic E-state index is 0.355. The molecular formula is C16H29NO. The summed E-state index contributed by atoms with van der Waals surface area (Å²) in [6.07, 6.45) is 10.6. The van der Waals surface area contributed by atoms with E-state index in [1.54, 1.807) is 0 Å². The van der Waals surface area contributed by atoms with Crippen LogP contribution in [-0.4, -0.2) is 25.3 Å². The smallest absolute Gasteiger partial charge is 0.0685 e. The van der Waals surface area contributed by atoms with Crippen molar-refractivity contribution in [2.45, 2.75) is 70.9 Å². The van der Waals surface area contributed by atoms with Gasteiger partial charge >= 0.3 is 0 Å². The van der Waals surface area contributed by atoms with Crippen LogP contribution in [-0.2, 0) is 4.74 Å². The molecule has 1 saturated heterocycles. The third kappa shape index (κ3) is 2.22. The van der Waals surface area contributed by atoms with E-state index < -0.39 is 0 Å². The maximum Gasteiger partial charge on any atom is 0.0685 e. The van der Waals surface area contributed by atoms with Gasteiger partial charge in [0.05, 0.1) is 6.10 Å². The second-order valence-corrected chi connectivity index (χ2v) is 7.29. The third-order valence-electron chi connectivity index (χ3n) is 5.74. The van der Waals surface area contributed by atoms with Gasteiger partial charge in [0.1, 0.15) is 0 Å². The van der Waals surface area contributed by atoms with Gasteiger partial charge < -0.3 is 10.1 Å². The van der Waals surface area contributed by atoms with Crippen molar-refractivity contribution in [2.75, 3.05) is 13.2 Å². The summed E-state index contributed by atoms with van der Waals surface area (Å²) in [6, 6.07) is 0.702. The Morgan fingerprint density at radius 3 is 2.67 bits per heavy atom. The highest BCUT2D eigenvalue weighted by Gasteiger charge is 2.58. The first-order chi connectivity index (χ1) is 8.69. The zero-order valence-corrected chi connectivity index (χ0v) is 12.1. The molecule has 2 saturated carbocycles. The predicted molar refractivity (Wildman–Crippen MR) is 74.6 cm³/mol. The predicted octanol–water partition coefficient (Wildman–Crippen LogP) is 3.36. The Kier molecular flexibility index (Phi) is 3.68. The van der Waals surface area contributed by atoms with Gasteiger partial charge in [-0.15, -0.1) is 0 Å². The molecule has 1 N–H and O–H groups in total. The van der Waals surface area contributed by atoms with E-state index in [0.29, 0.717) is 17.6 Å². The summed E-state index contributed by atoms with van der Waals surface area (Å²) >= 11 is 0. The van der Waals surface area contributed by atoms with Crippen molar-refractivity contribution >= 4 is 0 Å². The second-order valence-electron chi connectivity index (χ2n) is 7.29. The van der Waals surface area contributed by atoms with Gasteiger partial charge in [-0.3, -0.25) is 0 Å². The van der Waals surface area contributed by atoms with Crippen molar-refractivity contribution in [3.8, 4) is 0 Å². The van der Waals surface area contributed by atoms with E-state index >= 15 is 0 Å². The van der Waals surface area contributed by atoms with Crippen molar-refractivity contribution in [1.82, 2.24) is 5.32 Å². The largest absolute Gasteiger partial charge is 0.377 e. The molecule has 0 spiro atoms. The number of ether oxygens (including phenoxy) is 1. The Labute approximate surface area is 112 Å². The molecule has 1 aliphatic heterocycles. The molecule has 2 aliphatic carbocycles. The molecule has 3 rings (SSSR count). The Morgan fingerprint density at radius 1 is 1.11 bits per heavy atom. The van der Waals surface area contributed by atoms with Gasteiger partial charge in [0.15, 0.2) is 0 Å². The maximum absolute atomic E-state index is 5.85. The lowest BCUT2D eigenvalue weighted by Crippen LogP contribution is -2.65. The molecule has 2 nitrogen and oxygen atoms in total. The van der Waals surface area contributed by atoms with Gasteiger partial charge in [0, 0.05) is 24.0 Å². The Bertz CT molecular complexity index is 283. The van der Waals surface area contributed by atoms with Crippen molar-refractivity contribution in [3.63, 3.8) is 0 Å². The van der Waals surface area contributed by atoms with Crippen molar-refractivity contribution in [3.05, 3.63) is 0 Å². The molecule has 0 amide bonds. The number of hydrogen-bond donors (Lipinski definition) is 1. The van der Waals surface area contributed by atoms with Crippen molar-refractivity contribution in [2.24, 2.45) is 17.3 Å². The van der Waals surface area contributed by atoms with Gasteiger partial charge in [-0.25, -0.2) is 0 Å². The summed E-state index contributed by atoms with van der Waals surface area (Å²) in [5.41, 5.74) is 0.355. The average molecular weight is 251 g/mol. The van der Waals surface area contributed by atoms with E-state index in [1.165, 1.54) is 51.5 Å². The molecule has 0 aromatic rings. The molecule has 0 bridgehead atoms. The lowest BCUT2D eigenvalue weighted by atomic mass is 9.57.